The molecule has 20 heavy (non-hydrogen) atoms. The molecule has 0 bridgehead atoms. The van der Waals surface area contributed by atoms with Gasteiger partial charge in [0.2, 0.25) is 0 Å². The van der Waals surface area contributed by atoms with E-state index in [1.807, 2.05) is 55.5 Å². The van der Waals surface area contributed by atoms with Crippen molar-refractivity contribution in [3.8, 4) is 11.5 Å². The monoisotopic (exact) mass is 335 g/mol. The van der Waals surface area contributed by atoms with E-state index in [2.05, 4.69) is 21.2 Å². The molecule has 0 aliphatic carbocycles. The van der Waals surface area contributed by atoms with Gasteiger partial charge >= 0.3 is 0 Å². The van der Waals surface area contributed by atoms with E-state index in [1.54, 1.807) is 0 Å². The zero-order valence-corrected chi connectivity index (χ0v) is 13.0. The van der Waals surface area contributed by atoms with Crippen LogP contribution in [0, 0.1) is 0 Å². The van der Waals surface area contributed by atoms with Crippen LogP contribution in [-0.4, -0.2) is 19.8 Å². The number of halogens is 1. The highest BCUT2D eigenvalue weighted by Gasteiger charge is 1.99. The van der Waals surface area contributed by atoms with Crippen molar-refractivity contribution in [1.29, 1.82) is 0 Å². The third kappa shape index (κ3) is 4.46. The zero-order chi connectivity index (χ0) is 14.2. The van der Waals surface area contributed by atoms with Crippen LogP contribution < -0.4 is 14.8 Å². The van der Waals surface area contributed by atoms with E-state index in [9.17, 15) is 0 Å². The Hall–Kier alpha value is -1.68. The fourth-order valence-electron chi connectivity index (χ4n) is 1.78. The second-order valence-electron chi connectivity index (χ2n) is 4.16. The van der Waals surface area contributed by atoms with E-state index < -0.39 is 0 Å². The highest BCUT2D eigenvalue weighted by molar-refractivity contribution is 9.10. The number of benzene rings is 2. The van der Waals surface area contributed by atoms with E-state index >= 15 is 0 Å². The predicted molar refractivity (Wildman–Crippen MR) is 85.7 cm³/mol. The molecule has 2 aromatic rings. The molecule has 0 heterocycles. The summed E-state index contributed by atoms with van der Waals surface area (Å²) in [7, 11) is 0. The van der Waals surface area contributed by atoms with Gasteiger partial charge in [-0.05, 0) is 47.1 Å². The van der Waals surface area contributed by atoms with Crippen LogP contribution in [-0.2, 0) is 0 Å². The molecule has 106 valence electrons. The molecule has 0 atom stereocenters. The summed E-state index contributed by atoms with van der Waals surface area (Å²) in [5.41, 5.74) is 1.07. The molecule has 0 aliphatic rings. The average molecular weight is 336 g/mol. The SMILES string of the molecule is CCOc1cccc(OCCNc2ccccc2Br)c1. The van der Waals surface area contributed by atoms with Gasteiger partial charge in [-0.2, -0.15) is 0 Å². The van der Waals surface area contributed by atoms with Crippen LogP contribution in [0.2, 0.25) is 0 Å². The van der Waals surface area contributed by atoms with Crippen molar-refractivity contribution in [2.24, 2.45) is 0 Å². The lowest BCUT2D eigenvalue weighted by atomic mass is 10.3. The average Bonchev–Trinajstić information content (AvgIpc) is 2.46. The summed E-state index contributed by atoms with van der Waals surface area (Å²) in [6.45, 7) is 3.96. The lowest BCUT2D eigenvalue weighted by molar-refractivity contribution is 0.319. The van der Waals surface area contributed by atoms with E-state index in [0.717, 1.165) is 28.2 Å². The van der Waals surface area contributed by atoms with Gasteiger partial charge in [-0.25, -0.2) is 0 Å². The molecular weight excluding hydrogens is 318 g/mol. The molecule has 0 radical (unpaired) electrons. The van der Waals surface area contributed by atoms with Crippen molar-refractivity contribution in [1.82, 2.24) is 0 Å². The zero-order valence-electron chi connectivity index (χ0n) is 11.4. The van der Waals surface area contributed by atoms with Crippen molar-refractivity contribution in [2.75, 3.05) is 25.1 Å². The van der Waals surface area contributed by atoms with Crippen LogP contribution in [0.5, 0.6) is 11.5 Å². The van der Waals surface area contributed by atoms with E-state index in [1.165, 1.54) is 0 Å². The number of ether oxygens (including phenoxy) is 2. The van der Waals surface area contributed by atoms with Crippen LogP contribution >= 0.6 is 15.9 Å². The molecule has 2 rings (SSSR count). The highest BCUT2D eigenvalue weighted by Crippen LogP contribution is 2.21. The highest BCUT2D eigenvalue weighted by atomic mass is 79.9. The van der Waals surface area contributed by atoms with Gasteiger partial charge in [0.25, 0.3) is 0 Å². The minimum absolute atomic E-state index is 0.594. The van der Waals surface area contributed by atoms with Gasteiger partial charge < -0.3 is 14.8 Å². The first kappa shape index (κ1) is 14.7. The first-order valence-corrected chi connectivity index (χ1v) is 7.43. The Balaban J connectivity index is 1.78. The Morgan fingerprint density at radius 2 is 1.75 bits per heavy atom. The minimum Gasteiger partial charge on any atom is -0.494 e. The number of para-hydroxylation sites is 1. The topological polar surface area (TPSA) is 30.5 Å². The third-order valence-electron chi connectivity index (χ3n) is 2.68. The smallest absolute Gasteiger partial charge is 0.123 e. The van der Waals surface area contributed by atoms with Crippen LogP contribution in [0.25, 0.3) is 0 Å². The Morgan fingerprint density at radius 3 is 2.50 bits per heavy atom. The Morgan fingerprint density at radius 1 is 1.00 bits per heavy atom. The first-order valence-electron chi connectivity index (χ1n) is 6.63. The number of nitrogens with one attached hydrogen (secondary N) is 1. The van der Waals surface area contributed by atoms with Gasteiger partial charge in [0, 0.05) is 22.8 Å². The quantitative estimate of drug-likeness (QED) is 0.763. The molecule has 0 spiro atoms. The van der Waals surface area contributed by atoms with Gasteiger partial charge in [-0.3, -0.25) is 0 Å². The van der Waals surface area contributed by atoms with Gasteiger partial charge in [0.15, 0.2) is 0 Å². The largest absolute Gasteiger partial charge is 0.494 e. The van der Waals surface area contributed by atoms with E-state index in [4.69, 9.17) is 9.47 Å². The van der Waals surface area contributed by atoms with Gasteiger partial charge in [-0.1, -0.05) is 18.2 Å². The molecule has 3 nitrogen and oxygen atoms in total. The van der Waals surface area contributed by atoms with E-state index in [0.29, 0.717) is 13.2 Å². The van der Waals surface area contributed by atoms with Crippen molar-refractivity contribution < 1.29 is 9.47 Å². The first-order chi connectivity index (χ1) is 9.79. The van der Waals surface area contributed by atoms with Crippen molar-refractivity contribution in [3.05, 3.63) is 53.0 Å². The second kappa shape index (κ2) is 7.80. The van der Waals surface area contributed by atoms with Crippen molar-refractivity contribution in [3.63, 3.8) is 0 Å². The fraction of sp³-hybridized carbons (Fsp3) is 0.250. The summed E-state index contributed by atoms with van der Waals surface area (Å²) in [4.78, 5) is 0. The summed E-state index contributed by atoms with van der Waals surface area (Å²) < 4.78 is 12.2. The van der Waals surface area contributed by atoms with Crippen molar-refractivity contribution in [2.45, 2.75) is 6.92 Å². The molecule has 0 unspecified atom stereocenters. The molecule has 2 aromatic carbocycles. The Kier molecular flexibility index (Phi) is 5.74. The molecule has 0 fully saturated rings. The molecule has 0 saturated heterocycles. The molecule has 1 N–H and O–H groups in total. The predicted octanol–water partition coefficient (Wildman–Crippen LogP) is 4.34. The van der Waals surface area contributed by atoms with Gasteiger partial charge in [0.05, 0.1) is 6.61 Å². The normalized spacial score (nSPS) is 10.1. The molecule has 0 saturated carbocycles. The maximum absolute atomic E-state index is 5.70. The molecule has 0 aliphatic heterocycles. The molecular formula is C16H18BrNO2. The summed E-state index contributed by atoms with van der Waals surface area (Å²) >= 11 is 3.50. The van der Waals surface area contributed by atoms with Crippen LogP contribution in [0.4, 0.5) is 5.69 Å². The van der Waals surface area contributed by atoms with E-state index in [-0.39, 0.29) is 0 Å². The maximum atomic E-state index is 5.70. The molecule has 0 amide bonds. The van der Waals surface area contributed by atoms with Crippen LogP contribution in [0.3, 0.4) is 0 Å². The van der Waals surface area contributed by atoms with Gasteiger partial charge in [-0.15, -0.1) is 0 Å². The van der Waals surface area contributed by atoms with Gasteiger partial charge in [0.1, 0.15) is 18.1 Å². The number of hydrogen-bond acceptors (Lipinski definition) is 3. The van der Waals surface area contributed by atoms with Crippen molar-refractivity contribution >= 4 is 21.6 Å². The summed E-state index contributed by atoms with van der Waals surface area (Å²) in [5.74, 6) is 1.66. The lowest BCUT2D eigenvalue weighted by Crippen LogP contribution is -2.11. The second-order valence-corrected chi connectivity index (χ2v) is 5.02. The van der Waals surface area contributed by atoms with Crippen LogP contribution in [0.1, 0.15) is 6.92 Å². The third-order valence-corrected chi connectivity index (χ3v) is 3.37. The lowest BCUT2D eigenvalue weighted by Gasteiger charge is -2.11. The number of hydrogen-bond donors (Lipinski definition) is 1. The van der Waals surface area contributed by atoms with Crippen LogP contribution in [0.15, 0.2) is 53.0 Å². The Bertz CT molecular complexity index is 546. The minimum atomic E-state index is 0.594. The fourth-order valence-corrected chi connectivity index (χ4v) is 2.20. The summed E-state index contributed by atoms with van der Waals surface area (Å²) in [5, 5.41) is 3.32. The number of anilines is 1. The maximum Gasteiger partial charge on any atom is 0.123 e. The Labute approximate surface area is 128 Å². The molecule has 0 aromatic heterocycles. The number of rotatable bonds is 7. The molecule has 4 heteroatoms. The summed E-state index contributed by atoms with van der Waals surface area (Å²) in [6, 6.07) is 15.7. The summed E-state index contributed by atoms with van der Waals surface area (Å²) in [6.07, 6.45) is 0. The standard InChI is InChI=1S/C16H18BrNO2/c1-2-19-13-6-5-7-14(12-13)20-11-10-18-16-9-4-3-8-15(16)17/h3-9,12,18H,2,10-11H2,1H3.